The van der Waals surface area contributed by atoms with Crippen molar-refractivity contribution < 1.29 is 23.2 Å². The fourth-order valence-electron chi connectivity index (χ4n) is 2.30. The number of nitro benzene ring substituents is 1. The van der Waals surface area contributed by atoms with Crippen molar-refractivity contribution >= 4 is 35.0 Å². The Hall–Kier alpha value is -2.94. The van der Waals surface area contributed by atoms with E-state index in [9.17, 15) is 23.7 Å². The lowest BCUT2D eigenvalue weighted by Crippen LogP contribution is -1.98. The van der Waals surface area contributed by atoms with E-state index in [1.807, 2.05) is 0 Å². The second-order valence-corrected chi connectivity index (χ2v) is 6.26. The molecule has 0 aliphatic heterocycles. The van der Waals surface area contributed by atoms with Crippen molar-refractivity contribution in [2.75, 3.05) is 19.5 Å². The standard InChI is InChI=1S/C18H16F2N2O4S/c1-21-13-6-3-11(9-14(13)22(24)25)4-7-15(23)12-5-8-17(27-18(19)20)16(10-12)26-2/h3-10,18,21H,1-2H3/b7-4+. The first-order valence-electron chi connectivity index (χ1n) is 7.67. The molecule has 0 spiro atoms. The topological polar surface area (TPSA) is 81.5 Å². The van der Waals surface area contributed by atoms with Crippen LogP contribution in [-0.2, 0) is 0 Å². The summed E-state index contributed by atoms with van der Waals surface area (Å²) < 4.78 is 30.1. The van der Waals surface area contributed by atoms with Gasteiger partial charge in [0.2, 0.25) is 0 Å². The number of allylic oxidation sites excluding steroid dienone is 1. The molecule has 0 unspecified atom stereocenters. The predicted octanol–water partition coefficient (Wildman–Crippen LogP) is 4.86. The Balaban J connectivity index is 2.24. The molecular weight excluding hydrogens is 378 g/mol. The van der Waals surface area contributed by atoms with Crippen molar-refractivity contribution in [3.8, 4) is 5.75 Å². The number of rotatable bonds is 8. The van der Waals surface area contributed by atoms with Gasteiger partial charge in [0.25, 0.3) is 11.4 Å². The number of methoxy groups -OCH3 is 1. The van der Waals surface area contributed by atoms with Crippen LogP contribution in [0.1, 0.15) is 15.9 Å². The van der Waals surface area contributed by atoms with Crippen LogP contribution < -0.4 is 10.1 Å². The summed E-state index contributed by atoms with van der Waals surface area (Å²) in [5.74, 6) is -2.81. The number of nitro groups is 1. The second-order valence-electron chi connectivity index (χ2n) is 5.23. The summed E-state index contributed by atoms with van der Waals surface area (Å²) in [6.07, 6.45) is 2.70. The highest BCUT2D eigenvalue weighted by Gasteiger charge is 2.14. The van der Waals surface area contributed by atoms with E-state index < -0.39 is 10.7 Å². The van der Waals surface area contributed by atoms with Crippen molar-refractivity contribution in [2.45, 2.75) is 10.7 Å². The van der Waals surface area contributed by atoms with Crippen molar-refractivity contribution in [2.24, 2.45) is 0 Å². The van der Waals surface area contributed by atoms with Crippen LogP contribution in [0.4, 0.5) is 20.2 Å². The maximum Gasteiger partial charge on any atom is 0.292 e. The number of carbonyl (C=O) groups is 1. The third-order valence-corrected chi connectivity index (χ3v) is 4.35. The normalized spacial score (nSPS) is 11.0. The average Bonchev–Trinajstić information content (AvgIpc) is 2.65. The highest BCUT2D eigenvalue weighted by atomic mass is 32.2. The molecule has 0 heterocycles. The van der Waals surface area contributed by atoms with Crippen molar-refractivity contribution in [3.63, 3.8) is 0 Å². The van der Waals surface area contributed by atoms with E-state index in [4.69, 9.17) is 4.74 Å². The molecule has 0 aliphatic rings. The molecule has 1 N–H and O–H groups in total. The van der Waals surface area contributed by atoms with Gasteiger partial charge in [-0.05, 0) is 35.9 Å². The van der Waals surface area contributed by atoms with Crippen LogP contribution in [0.15, 0.2) is 47.4 Å². The predicted molar refractivity (Wildman–Crippen MR) is 101 cm³/mol. The number of halogens is 2. The number of hydrogen-bond acceptors (Lipinski definition) is 6. The minimum Gasteiger partial charge on any atom is -0.496 e. The summed E-state index contributed by atoms with van der Waals surface area (Å²) in [5, 5.41) is 13.8. The molecule has 2 aromatic rings. The van der Waals surface area contributed by atoms with E-state index in [0.717, 1.165) is 0 Å². The summed E-state index contributed by atoms with van der Waals surface area (Å²) in [4.78, 5) is 23.1. The summed E-state index contributed by atoms with van der Waals surface area (Å²) in [7, 11) is 2.90. The first-order valence-corrected chi connectivity index (χ1v) is 8.55. The van der Waals surface area contributed by atoms with Crippen LogP contribution in [0.25, 0.3) is 6.08 Å². The van der Waals surface area contributed by atoms with E-state index in [-0.39, 0.29) is 27.7 Å². The average molecular weight is 394 g/mol. The van der Waals surface area contributed by atoms with Crippen LogP contribution in [0.3, 0.4) is 0 Å². The number of thioether (sulfide) groups is 1. The summed E-state index contributed by atoms with van der Waals surface area (Å²) in [6.45, 7) is 0. The van der Waals surface area contributed by atoms with Crippen LogP contribution in [0, 0.1) is 10.1 Å². The van der Waals surface area contributed by atoms with Gasteiger partial charge in [0.15, 0.2) is 5.78 Å². The van der Waals surface area contributed by atoms with Crippen molar-refractivity contribution in [3.05, 3.63) is 63.7 Å². The number of benzene rings is 2. The Morgan fingerprint density at radius 1 is 1.30 bits per heavy atom. The molecular formula is C18H16F2N2O4S. The summed E-state index contributed by atoms with van der Waals surface area (Å²) in [6, 6.07) is 8.71. The maximum atomic E-state index is 12.5. The third kappa shape index (κ3) is 5.27. The Kier molecular flexibility index (Phi) is 6.89. The molecule has 9 heteroatoms. The van der Waals surface area contributed by atoms with Crippen LogP contribution in [0.5, 0.6) is 5.75 Å². The van der Waals surface area contributed by atoms with Gasteiger partial charge in [0, 0.05) is 18.7 Å². The lowest BCUT2D eigenvalue weighted by molar-refractivity contribution is -0.383. The van der Waals surface area contributed by atoms with Gasteiger partial charge in [-0.1, -0.05) is 23.9 Å². The third-order valence-electron chi connectivity index (χ3n) is 3.58. The molecule has 0 aliphatic carbocycles. The minimum atomic E-state index is -2.60. The number of anilines is 1. The van der Waals surface area contributed by atoms with Crippen LogP contribution >= 0.6 is 11.8 Å². The van der Waals surface area contributed by atoms with E-state index in [2.05, 4.69) is 5.32 Å². The molecule has 0 atom stereocenters. The lowest BCUT2D eigenvalue weighted by Gasteiger charge is -2.08. The Bertz CT molecular complexity index is 888. The maximum absolute atomic E-state index is 12.5. The van der Waals surface area contributed by atoms with Gasteiger partial charge in [0.05, 0.1) is 16.9 Å². The fraction of sp³-hybridized carbons (Fsp3) is 0.167. The van der Waals surface area contributed by atoms with E-state index in [1.54, 1.807) is 19.2 Å². The molecule has 142 valence electrons. The zero-order valence-electron chi connectivity index (χ0n) is 14.4. The Morgan fingerprint density at radius 2 is 2.04 bits per heavy atom. The number of ether oxygens (including phenoxy) is 1. The number of ketones is 1. The number of nitrogens with zero attached hydrogens (tertiary/aromatic N) is 1. The molecule has 0 radical (unpaired) electrons. The van der Waals surface area contributed by atoms with Crippen LogP contribution in [-0.4, -0.2) is 30.6 Å². The van der Waals surface area contributed by atoms with E-state index >= 15 is 0 Å². The van der Waals surface area contributed by atoms with Gasteiger partial charge in [-0.2, -0.15) is 8.78 Å². The van der Waals surface area contributed by atoms with Gasteiger partial charge in [0.1, 0.15) is 11.4 Å². The zero-order chi connectivity index (χ0) is 20.0. The van der Waals surface area contributed by atoms with Gasteiger partial charge < -0.3 is 10.1 Å². The number of hydrogen-bond donors (Lipinski definition) is 1. The molecule has 27 heavy (non-hydrogen) atoms. The smallest absolute Gasteiger partial charge is 0.292 e. The molecule has 6 nitrogen and oxygen atoms in total. The molecule has 0 bridgehead atoms. The van der Waals surface area contributed by atoms with Gasteiger partial charge >= 0.3 is 0 Å². The Labute approximate surface area is 158 Å². The molecule has 0 saturated heterocycles. The number of alkyl halides is 2. The highest BCUT2D eigenvalue weighted by molar-refractivity contribution is 7.99. The fourth-order valence-corrected chi connectivity index (χ4v) is 2.89. The van der Waals surface area contributed by atoms with Crippen molar-refractivity contribution in [1.82, 2.24) is 0 Å². The SMILES string of the molecule is CNc1ccc(/C=C/C(=O)c2ccc(SC(F)F)c(OC)c2)cc1[N+](=O)[O-]. The number of nitrogens with one attached hydrogen (secondary N) is 1. The number of carbonyl (C=O) groups excluding carboxylic acids is 1. The second kappa shape index (κ2) is 9.13. The first kappa shape index (κ1) is 20.4. The van der Waals surface area contributed by atoms with Crippen LogP contribution in [0.2, 0.25) is 0 Å². The van der Waals surface area contributed by atoms with Gasteiger partial charge in [-0.15, -0.1) is 0 Å². The zero-order valence-corrected chi connectivity index (χ0v) is 15.3. The van der Waals surface area contributed by atoms with Gasteiger partial charge in [-0.3, -0.25) is 14.9 Å². The Morgan fingerprint density at radius 3 is 2.63 bits per heavy atom. The van der Waals surface area contributed by atoms with Gasteiger partial charge in [-0.25, -0.2) is 0 Å². The van der Waals surface area contributed by atoms with Crippen molar-refractivity contribution in [1.29, 1.82) is 0 Å². The molecule has 0 amide bonds. The largest absolute Gasteiger partial charge is 0.496 e. The molecule has 0 saturated carbocycles. The molecule has 2 aromatic carbocycles. The quantitative estimate of drug-likeness (QED) is 0.226. The summed E-state index contributed by atoms with van der Waals surface area (Å²) >= 11 is 0.331. The molecule has 2 rings (SSSR count). The first-order chi connectivity index (χ1) is 12.8. The monoisotopic (exact) mass is 394 g/mol. The lowest BCUT2D eigenvalue weighted by atomic mass is 10.1. The molecule has 0 aromatic heterocycles. The molecule has 0 fully saturated rings. The van der Waals surface area contributed by atoms with E-state index in [0.29, 0.717) is 23.0 Å². The van der Waals surface area contributed by atoms with E-state index in [1.165, 1.54) is 43.5 Å². The highest BCUT2D eigenvalue weighted by Crippen LogP contribution is 2.34. The minimum absolute atomic E-state index is 0.109. The summed E-state index contributed by atoms with van der Waals surface area (Å²) in [5.41, 5.74) is 0.983.